The van der Waals surface area contributed by atoms with Gasteiger partial charge in [-0.05, 0) is 12.8 Å². The summed E-state index contributed by atoms with van der Waals surface area (Å²) in [4.78, 5) is 23.4. The Bertz CT molecular complexity index is 292. The lowest BCUT2D eigenvalue weighted by Gasteiger charge is -2.14. The highest BCUT2D eigenvalue weighted by Crippen LogP contribution is 2.10. The minimum Gasteiger partial charge on any atom is -0.394 e. The van der Waals surface area contributed by atoms with Crippen LogP contribution in [0.15, 0.2) is 0 Å². The number of unbranched alkanes of at least 4 members (excludes halogenated alkanes) is 8. The molecule has 0 spiro atoms. The summed E-state index contributed by atoms with van der Waals surface area (Å²) in [7, 11) is 0. The van der Waals surface area contributed by atoms with E-state index in [1.165, 1.54) is 44.9 Å². The molecule has 0 bridgehead atoms. The van der Waals surface area contributed by atoms with Crippen LogP contribution in [0, 0.1) is 0 Å². The van der Waals surface area contributed by atoms with Crippen LogP contribution in [0.2, 0.25) is 0 Å². The van der Waals surface area contributed by atoms with Crippen molar-refractivity contribution in [2.24, 2.45) is 0 Å². The fraction of sp³-hybridized carbons (Fsp3) is 0.889. The summed E-state index contributed by atoms with van der Waals surface area (Å²) in [5.41, 5.74) is 0. The normalized spacial score (nSPS) is 12.1. The van der Waals surface area contributed by atoms with Crippen LogP contribution in [0.3, 0.4) is 0 Å². The second kappa shape index (κ2) is 15.0. The van der Waals surface area contributed by atoms with Gasteiger partial charge in [0.1, 0.15) is 6.04 Å². The van der Waals surface area contributed by atoms with Crippen molar-refractivity contribution in [2.45, 2.75) is 96.9 Å². The van der Waals surface area contributed by atoms with Crippen molar-refractivity contribution in [3.63, 3.8) is 0 Å². The van der Waals surface area contributed by atoms with Crippen molar-refractivity contribution < 1.29 is 14.7 Å². The first-order chi connectivity index (χ1) is 10.7. The van der Waals surface area contributed by atoms with Gasteiger partial charge in [0.2, 0.25) is 5.91 Å². The van der Waals surface area contributed by atoms with Gasteiger partial charge in [0, 0.05) is 12.8 Å². The van der Waals surface area contributed by atoms with Gasteiger partial charge in [-0.25, -0.2) is 0 Å². The molecule has 0 aromatic carbocycles. The van der Waals surface area contributed by atoms with Crippen LogP contribution in [0.1, 0.15) is 90.9 Å². The molecule has 0 radical (unpaired) electrons. The minimum absolute atomic E-state index is 0.0783. The third-order valence-corrected chi connectivity index (χ3v) is 3.91. The van der Waals surface area contributed by atoms with Gasteiger partial charge in [0.25, 0.3) is 0 Å². The third kappa shape index (κ3) is 11.7. The number of carbonyl (C=O) groups excluding carboxylic acids is 2. The van der Waals surface area contributed by atoms with Crippen LogP contribution in [0.4, 0.5) is 0 Å². The van der Waals surface area contributed by atoms with E-state index in [0.717, 1.165) is 19.3 Å². The van der Waals surface area contributed by atoms with Crippen molar-refractivity contribution in [3.05, 3.63) is 0 Å². The van der Waals surface area contributed by atoms with Gasteiger partial charge in [-0.15, -0.1) is 0 Å². The van der Waals surface area contributed by atoms with E-state index >= 15 is 0 Å². The molecule has 0 rings (SSSR count). The number of aliphatic hydroxyl groups is 1. The molecule has 0 heterocycles. The number of amides is 1. The van der Waals surface area contributed by atoms with Crippen LogP contribution in [-0.2, 0) is 9.59 Å². The molecule has 2 N–H and O–H groups in total. The molecule has 1 atom stereocenters. The van der Waals surface area contributed by atoms with E-state index in [1.54, 1.807) is 0 Å². The van der Waals surface area contributed by atoms with E-state index in [9.17, 15) is 9.59 Å². The zero-order chi connectivity index (χ0) is 16.6. The molecule has 22 heavy (non-hydrogen) atoms. The SMILES string of the molecule is CCCCCCCCCCCC(=O)NC(CO)C(=O)CCC. The molecule has 4 nitrogen and oxygen atoms in total. The molecule has 0 aromatic rings. The first-order valence-corrected chi connectivity index (χ1v) is 9.08. The van der Waals surface area contributed by atoms with Crippen LogP contribution in [0.5, 0.6) is 0 Å². The molecular weight excluding hydrogens is 278 g/mol. The quantitative estimate of drug-likeness (QED) is 0.452. The topological polar surface area (TPSA) is 66.4 Å². The number of hydrogen-bond acceptors (Lipinski definition) is 3. The molecule has 0 saturated carbocycles. The predicted molar refractivity (Wildman–Crippen MR) is 90.8 cm³/mol. The zero-order valence-electron chi connectivity index (χ0n) is 14.5. The molecule has 4 heteroatoms. The predicted octanol–water partition coefficient (Wildman–Crippen LogP) is 3.75. The summed E-state index contributed by atoms with van der Waals surface area (Å²) in [5.74, 6) is -0.197. The van der Waals surface area contributed by atoms with Gasteiger partial charge >= 0.3 is 0 Å². The maximum Gasteiger partial charge on any atom is 0.220 e. The molecule has 130 valence electrons. The smallest absolute Gasteiger partial charge is 0.220 e. The monoisotopic (exact) mass is 313 g/mol. The molecular formula is C18H35NO3. The van der Waals surface area contributed by atoms with Gasteiger partial charge in [0.05, 0.1) is 6.61 Å². The Morgan fingerprint density at radius 3 is 1.86 bits per heavy atom. The lowest BCUT2D eigenvalue weighted by molar-refractivity contribution is -0.128. The zero-order valence-corrected chi connectivity index (χ0v) is 14.5. The largest absolute Gasteiger partial charge is 0.394 e. The first kappa shape index (κ1) is 21.1. The number of rotatable bonds is 15. The minimum atomic E-state index is -0.717. The third-order valence-electron chi connectivity index (χ3n) is 3.91. The maximum atomic E-state index is 11.8. The molecule has 0 aliphatic rings. The summed E-state index contributed by atoms with van der Waals surface area (Å²) >= 11 is 0. The van der Waals surface area contributed by atoms with Crippen molar-refractivity contribution in [2.75, 3.05) is 6.61 Å². The Morgan fingerprint density at radius 1 is 0.818 bits per heavy atom. The van der Waals surface area contributed by atoms with Crippen molar-refractivity contribution in [1.82, 2.24) is 5.32 Å². The highest BCUT2D eigenvalue weighted by Gasteiger charge is 2.18. The van der Waals surface area contributed by atoms with E-state index in [0.29, 0.717) is 12.8 Å². The van der Waals surface area contributed by atoms with Crippen LogP contribution in [-0.4, -0.2) is 29.4 Å². The lowest BCUT2D eigenvalue weighted by Crippen LogP contribution is -2.43. The number of ketones is 1. The molecule has 1 unspecified atom stereocenters. The first-order valence-electron chi connectivity index (χ1n) is 9.08. The Kier molecular flexibility index (Phi) is 14.4. The average Bonchev–Trinajstić information content (AvgIpc) is 2.51. The van der Waals surface area contributed by atoms with E-state index in [-0.39, 0.29) is 18.3 Å². The average molecular weight is 313 g/mol. The molecule has 0 aliphatic heterocycles. The number of Topliss-reactive ketones (excluding diaryl/α,β-unsaturated/α-hetero) is 1. The Labute approximate surface area is 136 Å². The van der Waals surface area contributed by atoms with E-state index in [4.69, 9.17) is 5.11 Å². The van der Waals surface area contributed by atoms with Crippen molar-refractivity contribution in [1.29, 1.82) is 0 Å². The number of hydrogen-bond donors (Lipinski definition) is 2. The molecule has 0 fully saturated rings. The van der Waals surface area contributed by atoms with Crippen LogP contribution in [0.25, 0.3) is 0 Å². The molecule has 0 aliphatic carbocycles. The molecule has 0 saturated heterocycles. The van der Waals surface area contributed by atoms with Crippen LogP contribution < -0.4 is 5.32 Å². The van der Waals surface area contributed by atoms with Gasteiger partial charge in [0.15, 0.2) is 5.78 Å². The molecule has 1 amide bonds. The summed E-state index contributed by atoms with van der Waals surface area (Å²) in [6, 6.07) is -0.717. The Morgan fingerprint density at radius 2 is 1.36 bits per heavy atom. The van der Waals surface area contributed by atoms with Crippen molar-refractivity contribution in [3.8, 4) is 0 Å². The second-order valence-corrected chi connectivity index (χ2v) is 6.10. The maximum absolute atomic E-state index is 11.8. The summed E-state index contributed by atoms with van der Waals surface area (Å²) < 4.78 is 0. The Balaban J connectivity index is 3.58. The Hall–Kier alpha value is -0.900. The fourth-order valence-electron chi connectivity index (χ4n) is 2.51. The standard InChI is InChI=1S/C18H35NO3/c1-3-5-6-7-8-9-10-11-12-14-18(22)19-16(15-20)17(21)13-4-2/h16,20H,3-15H2,1-2H3,(H,19,22). The number of nitrogens with one attached hydrogen (secondary N) is 1. The number of carbonyl (C=O) groups is 2. The van der Waals surface area contributed by atoms with Gasteiger partial charge in [-0.2, -0.15) is 0 Å². The van der Waals surface area contributed by atoms with Crippen molar-refractivity contribution >= 4 is 11.7 Å². The van der Waals surface area contributed by atoms with E-state index < -0.39 is 6.04 Å². The summed E-state index contributed by atoms with van der Waals surface area (Å²) in [6.45, 7) is 3.83. The highest BCUT2D eigenvalue weighted by atomic mass is 16.3. The summed E-state index contributed by atoms with van der Waals surface area (Å²) in [6.07, 6.45) is 12.5. The van der Waals surface area contributed by atoms with Gasteiger partial charge in [-0.3, -0.25) is 9.59 Å². The van der Waals surface area contributed by atoms with Gasteiger partial charge < -0.3 is 10.4 Å². The second-order valence-electron chi connectivity index (χ2n) is 6.10. The van der Waals surface area contributed by atoms with Crippen LogP contribution >= 0.6 is 0 Å². The van der Waals surface area contributed by atoms with E-state index in [2.05, 4.69) is 12.2 Å². The fourth-order valence-corrected chi connectivity index (χ4v) is 2.51. The number of aliphatic hydroxyl groups excluding tert-OH is 1. The summed E-state index contributed by atoms with van der Waals surface area (Å²) in [5, 5.41) is 11.8. The van der Waals surface area contributed by atoms with E-state index in [1.807, 2.05) is 6.92 Å². The van der Waals surface area contributed by atoms with Gasteiger partial charge in [-0.1, -0.05) is 65.2 Å². The molecule has 0 aromatic heterocycles. The highest BCUT2D eigenvalue weighted by molar-refractivity contribution is 5.89. The lowest BCUT2D eigenvalue weighted by atomic mass is 10.1.